The van der Waals surface area contributed by atoms with Gasteiger partial charge >= 0.3 is 17.9 Å². The van der Waals surface area contributed by atoms with Crippen molar-refractivity contribution in [2.24, 2.45) is 0 Å². The molecule has 0 N–H and O–H groups in total. The van der Waals surface area contributed by atoms with Gasteiger partial charge in [0, 0.05) is 19.3 Å². The summed E-state index contributed by atoms with van der Waals surface area (Å²) in [5.74, 6) is -0.941. The molecule has 0 saturated heterocycles. The van der Waals surface area contributed by atoms with Gasteiger partial charge in [0.15, 0.2) is 6.10 Å². The number of carbonyl (C=O) groups is 3. The third kappa shape index (κ3) is 45.7. The Morgan fingerprint density at radius 3 is 1.05 bits per heavy atom. The van der Waals surface area contributed by atoms with E-state index in [1.807, 2.05) is 24.3 Å². The third-order valence-electron chi connectivity index (χ3n) is 10.2. The minimum absolute atomic E-state index is 0.0936. The van der Waals surface area contributed by atoms with Gasteiger partial charge in [0.2, 0.25) is 0 Å². The van der Waals surface area contributed by atoms with E-state index in [2.05, 4.69) is 81.5 Å². The predicted octanol–water partition coefficient (Wildman–Crippen LogP) is 16.0. The van der Waals surface area contributed by atoms with Gasteiger partial charge in [-0.3, -0.25) is 14.4 Å². The fourth-order valence-electron chi connectivity index (χ4n) is 6.46. The summed E-state index contributed by atoms with van der Waals surface area (Å²) in [6, 6.07) is 0. The van der Waals surface area contributed by atoms with E-state index in [4.69, 9.17) is 14.2 Å². The molecule has 0 spiro atoms. The molecule has 6 heteroatoms. The van der Waals surface area contributed by atoms with Crippen LogP contribution in [0.3, 0.4) is 0 Å². The molecule has 0 heterocycles. The molecule has 0 aliphatic carbocycles. The van der Waals surface area contributed by atoms with E-state index in [9.17, 15) is 14.4 Å². The van der Waals surface area contributed by atoms with Crippen LogP contribution in [0.4, 0.5) is 0 Å². The first-order valence-electron chi connectivity index (χ1n) is 24.7. The Bertz CT molecular complexity index is 1190. The zero-order valence-corrected chi connectivity index (χ0v) is 38.9. The molecule has 1 unspecified atom stereocenters. The lowest BCUT2D eigenvalue weighted by atomic mass is 10.1. The average Bonchev–Trinajstić information content (AvgIpc) is 3.24. The minimum Gasteiger partial charge on any atom is -0.462 e. The number of ether oxygens (including phenoxy) is 3. The van der Waals surface area contributed by atoms with Gasteiger partial charge in [-0.15, -0.1) is 0 Å². The van der Waals surface area contributed by atoms with Crippen LogP contribution in [0.1, 0.15) is 220 Å². The van der Waals surface area contributed by atoms with Crippen LogP contribution in [-0.4, -0.2) is 37.2 Å². The van der Waals surface area contributed by atoms with E-state index in [0.717, 1.165) is 103 Å². The van der Waals surface area contributed by atoms with Gasteiger partial charge in [0.05, 0.1) is 0 Å². The van der Waals surface area contributed by atoms with Crippen molar-refractivity contribution in [2.75, 3.05) is 13.2 Å². The summed E-state index contributed by atoms with van der Waals surface area (Å²) in [5, 5.41) is 0. The van der Waals surface area contributed by atoms with Crippen molar-refractivity contribution >= 4 is 17.9 Å². The second-order valence-corrected chi connectivity index (χ2v) is 16.1. The van der Waals surface area contributed by atoms with Gasteiger partial charge in [-0.1, -0.05) is 196 Å². The molecular formula is C54H90O6. The zero-order valence-electron chi connectivity index (χ0n) is 38.9. The number of rotatable bonds is 43. The normalized spacial score (nSPS) is 12.8. The van der Waals surface area contributed by atoms with Crippen LogP contribution in [-0.2, 0) is 28.6 Å². The van der Waals surface area contributed by atoms with Crippen LogP contribution >= 0.6 is 0 Å². The quantitative estimate of drug-likeness (QED) is 0.0200. The second-order valence-electron chi connectivity index (χ2n) is 16.1. The molecule has 0 bridgehead atoms. The second kappa shape index (κ2) is 48.3. The molecule has 60 heavy (non-hydrogen) atoms. The summed E-state index contributed by atoms with van der Waals surface area (Å²) in [6.45, 7) is 6.45. The molecule has 0 aliphatic rings. The van der Waals surface area contributed by atoms with Crippen molar-refractivity contribution in [1.82, 2.24) is 0 Å². The number of allylic oxidation sites excluding steroid dienone is 14. The Balaban J connectivity index is 4.45. The molecule has 0 amide bonds. The molecule has 0 rings (SSSR count). The van der Waals surface area contributed by atoms with Gasteiger partial charge in [-0.2, -0.15) is 0 Å². The molecular weight excluding hydrogens is 745 g/mol. The molecule has 0 aliphatic heterocycles. The van der Waals surface area contributed by atoms with Crippen LogP contribution in [0.15, 0.2) is 85.1 Å². The highest BCUT2D eigenvalue weighted by Crippen LogP contribution is 2.13. The first-order chi connectivity index (χ1) is 29.5. The average molecular weight is 835 g/mol. The van der Waals surface area contributed by atoms with E-state index < -0.39 is 6.10 Å². The highest BCUT2D eigenvalue weighted by molar-refractivity contribution is 5.71. The van der Waals surface area contributed by atoms with E-state index in [1.54, 1.807) is 0 Å². The van der Waals surface area contributed by atoms with Crippen LogP contribution in [0.5, 0.6) is 0 Å². The third-order valence-corrected chi connectivity index (χ3v) is 10.2. The SMILES string of the molecule is CCC\C=C/C=C\C=C/C=C\C=C/CCCCCCCC(=O)OCC(COC(=O)CCCCCCC/C=C\CCCCC)OC(=O)CCCCCCC/C=C\CCCCC. The maximum atomic E-state index is 12.7. The van der Waals surface area contributed by atoms with E-state index in [0.29, 0.717) is 19.3 Å². The highest BCUT2D eigenvalue weighted by atomic mass is 16.6. The minimum atomic E-state index is -0.793. The van der Waals surface area contributed by atoms with Crippen molar-refractivity contribution < 1.29 is 28.6 Å². The molecule has 0 aromatic rings. The monoisotopic (exact) mass is 835 g/mol. The summed E-state index contributed by atoms with van der Waals surface area (Å²) in [7, 11) is 0. The number of carbonyl (C=O) groups excluding carboxylic acids is 3. The maximum Gasteiger partial charge on any atom is 0.306 e. The number of unbranched alkanes of at least 4 members (excludes halogenated alkanes) is 22. The molecule has 342 valence electrons. The summed E-state index contributed by atoms with van der Waals surface area (Å²) in [5.41, 5.74) is 0. The van der Waals surface area contributed by atoms with E-state index in [1.165, 1.54) is 77.0 Å². The Hall–Kier alpha value is -3.41. The fourth-order valence-corrected chi connectivity index (χ4v) is 6.46. The smallest absolute Gasteiger partial charge is 0.306 e. The Morgan fingerprint density at radius 2 is 0.650 bits per heavy atom. The van der Waals surface area contributed by atoms with Gasteiger partial charge in [0.1, 0.15) is 13.2 Å². The molecule has 1 atom stereocenters. The Kier molecular flexibility index (Phi) is 45.5. The van der Waals surface area contributed by atoms with E-state index >= 15 is 0 Å². The van der Waals surface area contributed by atoms with Crippen LogP contribution in [0.25, 0.3) is 0 Å². The van der Waals surface area contributed by atoms with Crippen LogP contribution in [0, 0.1) is 0 Å². The first-order valence-corrected chi connectivity index (χ1v) is 24.7. The topological polar surface area (TPSA) is 78.9 Å². The maximum absolute atomic E-state index is 12.7. The predicted molar refractivity (Wildman–Crippen MR) is 256 cm³/mol. The van der Waals surface area contributed by atoms with Gasteiger partial charge < -0.3 is 14.2 Å². The molecule has 0 aromatic carbocycles. The lowest BCUT2D eigenvalue weighted by molar-refractivity contribution is -0.167. The number of esters is 3. The standard InChI is InChI=1S/C54H90O6/c1-4-7-10-13-16-19-22-25-26-27-28-29-30-33-35-38-41-44-47-53(56)59-50-51(60-54(57)48-45-42-39-36-32-24-21-18-15-12-9-6-3)49-58-52(55)46-43-40-37-34-31-23-20-17-14-11-8-5-2/h10,13,16-22,25-29,51H,4-9,11-12,14-15,23-24,30-50H2,1-3H3/b13-10-,19-16-,20-17-,21-18-,25-22-,27-26-,29-28-. The molecule has 0 saturated carbocycles. The Morgan fingerprint density at radius 1 is 0.333 bits per heavy atom. The largest absolute Gasteiger partial charge is 0.462 e. The molecule has 0 fully saturated rings. The first kappa shape index (κ1) is 56.6. The van der Waals surface area contributed by atoms with Crippen LogP contribution < -0.4 is 0 Å². The summed E-state index contributed by atoms with van der Waals surface area (Å²) in [4.78, 5) is 37.9. The van der Waals surface area contributed by atoms with Crippen molar-refractivity contribution in [2.45, 2.75) is 226 Å². The molecule has 0 aromatic heterocycles. The van der Waals surface area contributed by atoms with Crippen molar-refractivity contribution in [3.8, 4) is 0 Å². The lowest BCUT2D eigenvalue weighted by Gasteiger charge is -2.18. The van der Waals surface area contributed by atoms with Crippen molar-refractivity contribution in [3.05, 3.63) is 85.1 Å². The van der Waals surface area contributed by atoms with E-state index in [-0.39, 0.29) is 31.1 Å². The van der Waals surface area contributed by atoms with Crippen molar-refractivity contribution in [3.63, 3.8) is 0 Å². The van der Waals surface area contributed by atoms with Gasteiger partial charge in [0.25, 0.3) is 0 Å². The summed E-state index contributed by atoms with van der Waals surface area (Å²) >= 11 is 0. The van der Waals surface area contributed by atoms with Crippen LogP contribution in [0.2, 0.25) is 0 Å². The summed E-state index contributed by atoms with van der Waals surface area (Å²) < 4.78 is 16.7. The Labute approximate surface area is 369 Å². The number of hydrogen-bond donors (Lipinski definition) is 0. The van der Waals surface area contributed by atoms with Crippen molar-refractivity contribution in [1.29, 1.82) is 0 Å². The summed E-state index contributed by atoms with van der Waals surface area (Å²) in [6.07, 6.45) is 61.2. The van der Waals surface area contributed by atoms with Gasteiger partial charge in [-0.25, -0.2) is 0 Å². The molecule has 6 nitrogen and oxygen atoms in total. The number of hydrogen-bond acceptors (Lipinski definition) is 6. The van der Waals surface area contributed by atoms with Gasteiger partial charge in [-0.05, 0) is 89.9 Å². The lowest BCUT2D eigenvalue weighted by Crippen LogP contribution is -2.30. The zero-order chi connectivity index (χ0) is 43.7. The highest BCUT2D eigenvalue weighted by Gasteiger charge is 2.19. The fraction of sp³-hybridized carbons (Fsp3) is 0.685. The molecule has 0 radical (unpaired) electrons.